The molecule has 0 radical (unpaired) electrons. The number of rotatable bonds is 6. The molecule has 2 aromatic rings. The molecular formula is C23H27BrN4O3. The molecule has 2 heterocycles. The highest BCUT2D eigenvalue weighted by Crippen LogP contribution is 2.43. The van der Waals surface area contributed by atoms with Gasteiger partial charge < -0.3 is 19.9 Å². The first-order valence-electron chi connectivity index (χ1n) is 10.5. The van der Waals surface area contributed by atoms with Crippen molar-refractivity contribution in [2.45, 2.75) is 38.8 Å². The van der Waals surface area contributed by atoms with Crippen LogP contribution in [0.5, 0.6) is 0 Å². The molecule has 1 aliphatic carbocycles. The number of hydrogen-bond acceptors (Lipinski definition) is 4. The Bertz CT molecular complexity index is 995. The fourth-order valence-electron chi connectivity index (χ4n) is 3.94. The lowest BCUT2D eigenvalue weighted by atomic mass is 10.0. The standard InChI is InChI=1S/C23H27BrN4O3/c1-13(2)20(27-23(30)31-3)22(29)28-12-16(14-4-5-14)10-19(28)21-25-11-18(26-21)15-6-8-17(24)9-7-15/h6-11,13-14,19-20H,4-5,12H2,1-3H3,(H,25,26)(H,27,30). The van der Waals surface area contributed by atoms with E-state index in [0.29, 0.717) is 12.5 Å². The van der Waals surface area contributed by atoms with Crippen LogP contribution in [0, 0.1) is 11.8 Å². The maximum absolute atomic E-state index is 13.5. The Kier molecular flexibility index (Phi) is 6.18. The van der Waals surface area contributed by atoms with Gasteiger partial charge in [-0.15, -0.1) is 0 Å². The van der Waals surface area contributed by atoms with Gasteiger partial charge in [-0.3, -0.25) is 4.79 Å². The molecule has 1 aromatic heterocycles. The summed E-state index contributed by atoms with van der Waals surface area (Å²) in [6.07, 6.45) is 5.69. The molecule has 164 valence electrons. The third kappa shape index (κ3) is 4.69. The lowest BCUT2D eigenvalue weighted by Gasteiger charge is -2.30. The number of carbonyl (C=O) groups excluding carboxylic acids is 2. The zero-order valence-electron chi connectivity index (χ0n) is 17.9. The zero-order chi connectivity index (χ0) is 22.1. The molecule has 7 nitrogen and oxygen atoms in total. The predicted molar refractivity (Wildman–Crippen MR) is 121 cm³/mol. The van der Waals surface area contributed by atoms with Crippen LogP contribution in [-0.4, -0.2) is 46.6 Å². The summed E-state index contributed by atoms with van der Waals surface area (Å²) >= 11 is 3.46. The molecular weight excluding hydrogens is 460 g/mol. The number of benzene rings is 1. The molecule has 1 aromatic carbocycles. The minimum Gasteiger partial charge on any atom is -0.453 e. The SMILES string of the molecule is COC(=O)NC(C(=O)N1CC(C2CC2)=CC1c1ncc(-c2ccc(Br)cc2)[nH]1)C(C)C. The van der Waals surface area contributed by atoms with Crippen LogP contribution in [0.15, 0.2) is 46.6 Å². The summed E-state index contributed by atoms with van der Waals surface area (Å²) in [7, 11) is 1.30. The van der Waals surface area contributed by atoms with E-state index in [1.807, 2.05) is 43.0 Å². The number of alkyl carbamates (subject to hydrolysis) is 1. The summed E-state index contributed by atoms with van der Waals surface area (Å²) in [4.78, 5) is 35.1. The van der Waals surface area contributed by atoms with Crippen LogP contribution in [0.3, 0.4) is 0 Å². The number of amides is 2. The summed E-state index contributed by atoms with van der Waals surface area (Å²) < 4.78 is 5.74. The van der Waals surface area contributed by atoms with Crippen molar-refractivity contribution < 1.29 is 14.3 Å². The number of hydrogen-bond donors (Lipinski definition) is 2. The first-order valence-corrected chi connectivity index (χ1v) is 11.3. The Labute approximate surface area is 190 Å². The Balaban J connectivity index is 1.61. The molecule has 0 saturated heterocycles. The zero-order valence-corrected chi connectivity index (χ0v) is 19.5. The second-order valence-corrected chi connectivity index (χ2v) is 9.39. The van der Waals surface area contributed by atoms with Gasteiger partial charge in [0, 0.05) is 11.0 Å². The third-order valence-corrected chi connectivity index (χ3v) is 6.40. The van der Waals surface area contributed by atoms with Crippen LogP contribution >= 0.6 is 15.9 Å². The van der Waals surface area contributed by atoms with Crippen molar-refractivity contribution in [1.82, 2.24) is 20.2 Å². The lowest BCUT2D eigenvalue weighted by molar-refractivity contribution is -0.135. The average Bonchev–Trinajstić information content (AvgIpc) is 3.32. The summed E-state index contributed by atoms with van der Waals surface area (Å²) in [6.45, 7) is 4.39. The summed E-state index contributed by atoms with van der Waals surface area (Å²) in [6, 6.07) is 7.05. The van der Waals surface area contributed by atoms with E-state index in [4.69, 9.17) is 4.74 Å². The van der Waals surface area contributed by atoms with E-state index in [1.165, 1.54) is 12.7 Å². The van der Waals surface area contributed by atoms with Crippen molar-refractivity contribution in [2.75, 3.05) is 13.7 Å². The molecule has 1 saturated carbocycles. The number of nitrogens with zero attached hydrogens (tertiary/aromatic N) is 2. The molecule has 2 aliphatic rings. The van der Waals surface area contributed by atoms with Gasteiger partial charge in [0.2, 0.25) is 5.91 Å². The van der Waals surface area contributed by atoms with Crippen molar-refractivity contribution in [3.63, 3.8) is 0 Å². The molecule has 2 unspecified atom stereocenters. The van der Waals surface area contributed by atoms with Gasteiger partial charge in [0.05, 0.1) is 19.0 Å². The molecule has 2 amide bonds. The van der Waals surface area contributed by atoms with Crippen LogP contribution in [0.1, 0.15) is 38.6 Å². The Morgan fingerprint density at radius 2 is 1.97 bits per heavy atom. The van der Waals surface area contributed by atoms with Crippen molar-refractivity contribution in [2.24, 2.45) is 11.8 Å². The topological polar surface area (TPSA) is 87.3 Å². The van der Waals surface area contributed by atoms with E-state index in [9.17, 15) is 9.59 Å². The van der Waals surface area contributed by atoms with Gasteiger partial charge in [0.25, 0.3) is 0 Å². The number of H-pyrrole nitrogens is 1. The van der Waals surface area contributed by atoms with Gasteiger partial charge >= 0.3 is 6.09 Å². The van der Waals surface area contributed by atoms with Crippen LogP contribution in [0.2, 0.25) is 0 Å². The van der Waals surface area contributed by atoms with Gasteiger partial charge in [0.1, 0.15) is 17.9 Å². The molecule has 0 spiro atoms. The van der Waals surface area contributed by atoms with Crippen LogP contribution < -0.4 is 5.32 Å². The number of aromatic amines is 1. The molecule has 2 N–H and O–H groups in total. The largest absolute Gasteiger partial charge is 0.453 e. The Morgan fingerprint density at radius 1 is 1.26 bits per heavy atom. The van der Waals surface area contributed by atoms with Crippen LogP contribution in [-0.2, 0) is 9.53 Å². The second-order valence-electron chi connectivity index (χ2n) is 8.47. The van der Waals surface area contributed by atoms with E-state index in [1.54, 1.807) is 6.20 Å². The number of halogens is 1. The minimum absolute atomic E-state index is 0.0767. The van der Waals surface area contributed by atoms with Crippen molar-refractivity contribution >= 4 is 27.9 Å². The molecule has 8 heteroatoms. The second kappa shape index (κ2) is 8.86. The lowest BCUT2D eigenvalue weighted by Crippen LogP contribution is -2.51. The maximum atomic E-state index is 13.5. The van der Waals surface area contributed by atoms with Gasteiger partial charge in [-0.1, -0.05) is 48.0 Å². The molecule has 0 bridgehead atoms. The van der Waals surface area contributed by atoms with Gasteiger partial charge in [-0.05, 0) is 47.9 Å². The molecule has 1 fully saturated rings. The van der Waals surface area contributed by atoms with E-state index >= 15 is 0 Å². The number of nitrogens with one attached hydrogen (secondary N) is 2. The molecule has 1 aliphatic heterocycles. The fraction of sp³-hybridized carbons (Fsp3) is 0.435. The van der Waals surface area contributed by atoms with E-state index in [0.717, 1.165) is 34.4 Å². The Morgan fingerprint density at radius 3 is 2.58 bits per heavy atom. The number of methoxy groups -OCH3 is 1. The quantitative estimate of drug-likeness (QED) is 0.590. The third-order valence-electron chi connectivity index (χ3n) is 5.87. The molecule has 31 heavy (non-hydrogen) atoms. The number of imidazole rings is 1. The maximum Gasteiger partial charge on any atom is 0.407 e. The van der Waals surface area contributed by atoms with Crippen LogP contribution in [0.4, 0.5) is 4.79 Å². The van der Waals surface area contributed by atoms with E-state index in [-0.39, 0.29) is 17.9 Å². The number of carbonyl (C=O) groups is 2. The first kappa shape index (κ1) is 21.6. The monoisotopic (exact) mass is 486 g/mol. The van der Waals surface area contributed by atoms with Gasteiger partial charge in [-0.2, -0.15) is 0 Å². The van der Waals surface area contributed by atoms with Gasteiger partial charge in [0.15, 0.2) is 0 Å². The minimum atomic E-state index is -0.664. The summed E-state index contributed by atoms with van der Waals surface area (Å²) in [5, 5.41) is 2.70. The van der Waals surface area contributed by atoms with E-state index < -0.39 is 12.1 Å². The van der Waals surface area contributed by atoms with Crippen molar-refractivity contribution in [1.29, 1.82) is 0 Å². The fourth-order valence-corrected chi connectivity index (χ4v) is 4.21. The highest BCUT2D eigenvalue weighted by atomic mass is 79.9. The summed E-state index contributed by atoms with van der Waals surface area (Å²) in [5.41, 5.74) is 3.20. The normalized spacial score (nSPS) is 19.3. The Hall–Kier alpha value is -2.61. The predicted octanol–water partition coefficient (Wildman–Crippen LogP) is 4.44. The number of ether oxygens (including phenoxy) is 1. The smallest absolute Gasteiger partial charge is 0.407 e. The molecule has 2 atom stereocenters. The van der Waals surface area contributed by atoms with E-state index in [2.05, 4.69) is 37.3 Å². The van der Waals surface area contributed by atoms with Crippen molar-refractivity contribution in [3.05, 3.63) is 52.4 Å². The van der Waals surface area contributed by atoms with Crippen molar-refractivity contribution in [3.8, 4) is 11.3 Å². The highest BCUT2D eigenvalue weighted by molar-refractivity contribution is 9.10. The average molecular weight is 487 g/mol. The van der Waals surface area contributed by atoms with Gasteiger partial charge in [-0.25, -0.2) is 9.78 Å². The summed E-state index contributed by atoms with van der Waals surface area (Å²) in [5.74, 6) is 1.07. The molecule has 4 rings (SSSR count). The number of aromatic nitrogens is 2. The first-order chi connectivity index (χ1) is 14.9. The highest BCUT2D eigenvalue weighted by Gasteiger charge is 2.40. The van der Waals surface area contributed by atoms with Crippen LogP contribution in [0.25, 0.3) is 11.3 Å².